The number of hydrogen-bond donors (Lipinski definition) is 1. The van der Waals surface area contributed by atoms with Crippen LogP contribution in [0.4, 0.5) is 0 Å². The third kappa shape index (κ3) is 2.76. The predicted octanol–water partition coefficient (Wildman–Crippen LogP) is 2.94. The van der Waals surface area contributed by atoms with Crippen LogP contribution in [-0.4, -0.2) is 11.9 Å². The van der Waals surface area contributed by atoms with Gasteiger partial charge in [0.05, 0.1) is 6.61 Å². The smallest absolute Gasteiger partial charge is 0.0848 e. The molecule has 1 aliphatic rings. The van der Waals surface area contributed by atoms with E-state index in [-0.39, 0.29) is 0 Å². The molecule has 1 rings (SSSR count). The maximum absolute atomic E-state index is 8.37. The van der Waals surface area contributed by atoms with Gasteiger partial charge in [-0.25, -0.2) is 4.89 Å². The zero-order chi connectivity index (χ0) is 9.19. The van der Waals surface area contributed by atoms with Crippen LogP contribution in [0.5, 0.6) is 0 Å². The van der Waals surface area contributed by atoms with E-state index in [1.54, 1.807) is 0 Å². The van der Waals surface area contributed by atoms with Crippen LogP contribution in [0, 0.1) is 17.3 Å². The van der Waals surface area contributed by atoms with Crippen molar-refractivity contribution < 1.29 is 10.1 Å². The Kier molecular flexibility index (Phi) is 3.13. The monoisotopic (exact) mass is 172 g/mol. The largest absolute Gasteiger partial charge is 0.252 e. The molecule has 0 aliphatic heterocycles. The highest BCUT2D eigenvalue weighted by atomic mass is 17.1. The van der Waals surface area contributed by atoms with Crippen molar-refractivity contribution in [3.8, 4) is 0 Å². The summed E-state index contributed by atoms with van der Waals surface area (Å²) in [5, 5.41) is 8.37. The van der Waals surface area contributed by atoms with Crippen LogP contribution in [0.15, 0.2) is 0 Å². The molecular formula is C10H20O2. The highest BCUT2D eigenvalue weighted by Crippen LogP contribution is 2.41. The minimum Gasteiger partial charge on any atom is -0.252 e. The Balaban J connectivity index is 2.46. The van der Waals surface area contributed by atoms with Gasteiger partial charge in [-0.1, -0.05) is 20.8 Å². The zero-order valence-electron chi connectivity index (χ0n) is 8.34. The van der Waals surface area contributed by atoms with E-state index in [1.165, 1.54) is 19.3 Å². The van der Waals surface area contributed by atoms with E-state index < -0.39 is 0 Å². The summed E-state index contributed by atoms with van der Waals surface area (Å²) in [7, 11) is 0. The molecular weight excluding hydrogens is 152 g/mol. The van der Waals surface area contributed by atoms with Crippen LogP contribution in [0.1, 0.15) is 40.0 Å². The van der Waals surface area contributed by atoms with Gasteiger partial charge in [-0.05, 0) is 36.5 Å². The third-order valence-corrected chi connectivity index (χ3v) is 2.79. The fourth-order valence-corrected chi connectivity index (χ4v) is 2.78. The van der Waals surface area contributed by atoms with Gasteiger partial charge in [0.25, 0.3) is 0 Å². The topological polar surface area (TPSA) is 29.5 Å². The Labute approximate surface area is 74.9 Å². The lowest BCUT2D eigenvalue weighted by atomic mass is 9.68. The van der Waals surface area contributed by atoms with Gasteiger partial charge in [-0.3, -0.25) is 5.26 Å². The van der Waals surface area contributed by atoms with Crippen molar-refractivity contribution in [2.75, 3.05) is 6.61 Å². The second kappa shape index (κ2) is 3.75. The molecule has 72 valence electrons. The van der Waals surface area contributed by atoms with E-state index in [0.29, 0.717) is 17.9 Å². The van der Waals surface area contributed by atoms with Crippen molar-refractivity contribution in [1.29, 1.82) is 0 Å². The van der Waals surface area contributed by atoms with Crippen LogP contribution in [0.25, 0.3) is 0 Å². The normalized spacial score (nSPS) is 35.0. The molecule has 1 aliphatic carbocycles. The van der Waals surface area contributed by atoms with Crippen molar-refractivity contribution in [2.24, 2.45) is 17.3 Å². The molecule has 0 aromatic heterocycles. The summed E-state index contributed by atoms with van der Waals surface area (Å²) in [6.07, 6.45) is 3.68. The lowest BCUT2D eigenvalue weighted by Crippen LogP contribution is -2.29. The standard InChI is InChI=1S/C10H20O2/c1-8-4-9(7-12-11)6-10(2,3)5-8/h8-9,11H,4-7H2,1-3H3. The molecule has 2 unspecified atom stereocenters. The van der Waals surface area contributed by atoms with Crippen LogP contribution < -0.4 is 0 Å². The molecule has 0 saturated heterocycles. The van der Waals surface area contributed by atoms with E-state index in [4.69, 9.17) is 5.26 Å². The second-order valence-electron chi connectivity index (χ2n) is 5.08. The summed E-state index contributed by atoms with van der Waals surface area (Å²) in [6.45, 7) is 7.39. The Morgan fingerprint density at radius 3 is 2.58 bits per heavy atom. The summed E-state index contributed by atoms with van der Waals surface area (Å²) >= 11 is 0. The Bertz CT molecular complexity index is 143. The molecule has 0 spiro atoms. The Hall–Kier alpha value is -0.0800. The lowest BCUT2D eigenvalue weighted by Gasteiger charge is -2.38. The van der Waals surface area contributed by atoms with E-state index in [2.05, 4.69) is 25.7 Å². The van der Waals surface area contributed by atoms with Gasteiger partial charge in [0.15, 0.2) is 0 Å². The molecule has 0 aromatic carbocycles. The summed E-state index contributed by atoms with van der Waals surface area (Å²) in [6, 6.07) is 0. The maximum Gasteiger partial charge on any atom is 0.0848 e. The number of hydrogen-bond acceptors (Lipinski definition) is 2. The summed E-state index contributed by atoms with van der Waals surface area (Å²) < 4.78 is 0. The molecule has 0 bridgehead atoms. The van der Waals surface area contributed by atoms with Gasteiger partial charge in [-0.2, -0.15) is 0 Å². The molecule has 1 N–H and O–H groups in total. The summed E-state index contributed by atoms with van der Waals surface area (Å²) in [4.78, 5) is 4.22. The third-order valence-electron chi connectivity index (χ3n) is 2.79. The van der Waals surface area contributed by atoms with Crippen LogP contribution in [-0.2, 0) is 4.89 Å². The minimum atomic E-state index is 0.431. The van der Waals surface area contributed by atoms with Crippen molar-refractivity contribution in [3.05, 3.63) is 0 Å². The molecule has 1 fully saturated rings. The molecule has 2 atom stereocenters. The van der Waals surface area contributed by atoms with Crippen LogP contribution in [0.2, 0.25) is 0 Å². The van der Waals surface area contributed by atoms with Crippen molar-refractivity contribution >= 4 is 0 Å². The SMILES string of the molecule is CC1CC(COO)CC(C)(C)C1. The van der Waals surface area contributed by atoms with Gasteiger partial charge in [0, 0.05) is 0 Å². The van der Waals surface area contributed by atoms with Gasteiger partial charge < -0.3 is 0 Å². The maximum atomic E-state index is 8.37. The van der Waals surface area contributed by atoms with Gasteiger partial charge in [0.1, 0.15) is 0 Å². The first-order valence-electron chi connectivity index (χ1n) is 4.80. The first kappa shape index (κ1) is 10.0. The highest BCUT2D eigenvalue weighted by Gasteiger charge is 2.31. The fraction of sp³-hybridized carbons (Fsp3) is 1.00. The quantitative estimate of drug-likeness (QED) is 0.512. The Morgan fingerprint density at radius 1 is 1.42 bits per heavy atom. The van der Waals surface area contributed by atoms with Gasteiger partial charge in [0.2, 0.25) is 0 Å². The van der Waals surface area contributed by atoms with Crippen molar-refractivity contribution in [2.45, 2.75) is 40.0 Å². The van der Waals surface area contributed by atoms with Crippen LogP contribution >= 0.6 is 0 Å². The Morgan fingerprint density at radius 2 is 2.08 bits per heavy atom. The number of rotatable bonds is 2. The molecule has 2 nitrogen and oxygen atoms in total. The van der Waals surface area contributed by atoms with E-state index >= 15 is 0 Å². The molecule has 0 heterocycles. The summed E-state index contributed by atoms with van der Waals surface area (Å²) in [5.41, 5.74) is 0.431. The average Bonchev–Trinajstić information content (AvgIpc) is 1.82. The summed E-state index contributed by atoms with van der Waals surface area (Å²) in [5.74, 6) is 1.32. The minimum absolute atomic E-state index is 0.431. The van der Waals surface area contributed by atoms with Crippen molar-refractivity contribution in [1.82, 2.24) is 0 Å². The van der Waals surface area contributed by atoms with Crippen molar-refractivity contribution in [3.63, 3.8) is 0 Å². The average molecular weight is 172 g/mol. The molecule has 0 aromatic rings. The highest BCUT2D eigenvalue weighted by molar-refractivity contribution is 4.82. The zero-order valence-corrected chi connectivity index (χ0v) is 8.34. The molecule has 0 radical (unpaired) electrons. The molecule has 2 heteroatoms. The van der Waals surface area contributed by atoms with Gasteiger partial charge >= 0.3 is 0 Å². The lowest BCUT2D eigenvalue weighted by molar-refractivity contribution is -0.254. The molecule has 0 amide bonds. The molecule has 12 heavy (non-hydrogen) atoms. The van der Waals surface area contributed by atoms with E-state index in [9.17, 15) is 0 Å². The first-order chi connectivity index (χ1) is 5.53. The first-order valence-corrected chi connectivity index (χ1v) is 4.80. The van der Waals surface area contributed by atoms with E-state index in [1.807, 2.05) is 0 Å². The molecule has 1 saturated carbocycles. The van der Waals surface area contributed by atoms with Gasteiger partial charge in [-0.15, -0.1) is 0 Å². The fourth-order valence-electron chi connectivity index (χ4n) is 2.78. The van der Waals surface area contributed by atoms with Crippen LogP contribution in [0.3, 0.4) is 0 Å². The predicted molar refractivity (Wildman–Crippen MR) is 48.9 cm³/mol. The van der Waals surface area contributed by atoms with E-state index in [0.717, 1.165) is 5.92 Å². The second-order valence-corrected chi connectivity index (χ2v) is 5.08.